The number of halogens is 1. The van der Waals surface area contributed by atoms with Crippen molar-refractivity contribution in [2.75, 3.05) is 13.2 Å². The fraction of sp³-hybridized carbons (Fsp3) is 0.474. The van der Waals surface area contributed by atoms with E-state index in [1.165, 1.54) is 25.7 Å². The standard InChI is InChI=1S/C19H23ClN2O/c20-18-11-15(7-6-14-4-5-14)8-9-17(18)19(21)13-22-12-16-3-1-2-10-23-16/h8-9,11,13-14,16,22H,1-5,10,12,21H2/b19-13-. The number of rotatable bonds is 4. The van der Waals surface area contributed by atoms with Gasteiger partial charge >= 0.3 is 0 Å². The summed E-state index contributed by atoms with van der Waals surface area (Å²) < 4.78 is 5.68. The quantitative estimate of drug-likeness (QED) is 0.830. The fourth-order valence-electron chi connectivity index (χ4n) is 2.59. The zero-order valence-corrected chi connectivity index (χ0v) is 14.0. The molecule has 122 valence electrons. The van der Waals surface area contributed by atoms with Crippen LogP contribution in [0.25, 0.3) is 5.70 Å². The van der Waals surface area contributed by atoms with Crippen molar-refractivity contribution < 1.29 is 4.74 Å². The number of hydrogen-bond donors (Lipinski definition) is 2. The molecule has 3 nitrogen and oxygen atoms in total. The molecule has 1 atom stereocenters. The summed E-state index contributed by atoms with van der Waals surface area (Å²) in [7, 11) is 0. The molecule has 0 spiro atoms. The molecule has 1 saturated heterocycles. The molecule has 4 heteroatoms. The Hall–Kier alpha value is -1.63. The van der Waals surface area contributed by atoms with E-state index in [0.29, 0.717) is 16.6 Å². The van der Waals surface area contributed by atoms with Crippen LogP contribution < -0.4 is 11.1 Å². The Morgan fingerprint density at radius 2 is 2.22 bits per heavy atom. The number of nitrogens with two attached hydrogens (primary N) is 1. The minimum atomic E-state index is 0.281. The molecule has 1 aromatic rings. The molecule has 1 aromatic carbocycles. The monoisotopic (exact) mass is 330 g/mol. The highest BCUT2D eigenvalue weighted by atomic mass is 35.5. The van der Waals surface area contributed by atoms with E-state index < -0.39 is 0 Å². The molecule has 3 N–H and O–H groups in total. The van der Waals surface area contributed by atoms with E-state index in [-0.39, 0.29) is 6.10 Å². The molecule has 1 unspecified atom stereocenters. The van der Waals surface area contributed by atoms with Crippen LogP contribution in [0.5, 0.6) is 0 Å². The highest BCUT2D eigenvalue weighted by molar-refractivity contribution is 6.32. The van der Waals surface area contributed by atoms with Gasteiger partial charge in [0.15, 0.2) is 0 Å². The number of ether oxygens (including phenoxy) is 1. The van der Waals surface area contributed by atoms with E-state index in [1.807, 2.05) is 24.4 Å². The number of hydrogen-bond acceptors (Lipinski definition) is 3. The van der Waals surface area contributed by atoms with E-state index in [1.54, 1.807) is 0 Å². The maximum Gasteiger partial charge on any atom is 0.0747 e. The molecule has 0 amide bonds. The van der Waals surface area contributed by atoms with Crippen LogP contribution in [0.1, 0.15) is 43.2 Å². The van der Waals surface area contributed by atoms with Crippen LogP contribution in [-0.4, -0.2) is 19.3 Å². The molecular weight excluding hydrogens is 308 g/mol. The van der Waals surface area contributed by atoms with Crippen LogP contribution in [0.4, 0.5) is 0 Å². The van der Waals surface area contributed by atoms with Gasteiger partial charge in [-0.05, 0) is 44.2 Å². The molecule has 1 aliphatic heterocycles. The Balaban J connectivity index is 1.58. The topological polar surface area (TPSA) is 47.3 Å². The van der Waals surface area contributed by atoms with Crippen molar-refractivity contribution in [3.63, 3.8) is 0 Å². The zero-order valence-electron chi connectivity index (χ0n) is 13.3. The maximum atomic E-state index is 6.34. The molecule has 0 aromatic heterocycles. The predicted molar refractivity (Wildman–Crippen MR) is 94.8 cm³/mol. The first-order chi connectivity index (χ1) is 11.2. The first-order valence-electron chi connectivity index (χ1n) is 8.34. The summed E-state index contributed by atoms with van der Waals surface area (Å²) in [6.45, 7) is 1.64. The lowest BCUT2D eigenvalue weighted by atomic mass is 10.1. The molecule has 1 heterocycles. The lowest BCUT2D eigenvalue weighted by Gasteiger charge is -2.22. The Morgan fingerprint density at radius 3 is 2.91 bits per heavy atom. The normalized spacial score (nSPS) is 21.4. The Kier molecular flexibility index (Phi) is 5.48. The van der Waals surface area contributed by atoms with Gasteiger partial charge in [0, 0.05) is 36.4 Å². The van der Waals surface area contributed by atoms with Gasteiger partial charge in [-0.15, -0.1) is 0 Å². The van der Waals surface area contributed by atoms with E-state index >= 15 is 0 Å². The molecule has 3 rings (SSSR count). The highest BCUT2D eigenvalue weighted by Crippen LogP contribution is 2.28. The second-order valence-electron chi connectivity index (χ2n) is 6.23. The van der Waals surface area contributed by atoms with Crippen molar-refractivity contribution in [1.29, 1.82) is 0 Å². The van der Waals surface area contributed by atoms with E-state index in [0.717, 1.165) is 30.7 Å². The average molecular weight is 331 g/mol. The van der Waals surface area contributed by atoms with Crippen LogP contribution in [0.3, 0.4) is 0 Å². The molecule has 2 fully saturated rings. The van der Waals surface area contributed by atoms with Gasteiger partial charge in [-0.25, -0.2) is 0 Å². The molecule has 2 aliphatic rings. The lowest BCUT2D eigenvalue weighted by Crippen LogP contribution is -2.29. The van der Waals surface area contributed by atoms with Gasteiger partial charge in [0.2, 0.25) is 0 Å². The smallest absolute Gasteiger partial charge is 0.0747 e. The Bertz CT molecular complexity index is 635. The summed E-state index contributed by atoms with van der Waals surface area (Å²) in [4.78, 5) is 0. The number of nitrogens with one attached hydrogen (secondary N) is 1. The first kappa shape index (κ1) is 16.2. The predicted octanol–water partition coefficient (Wildman–Crippen LogP) is 3.52. The number of benzene rings is 1. The van der Waals surface area contributed by atoms with Crippen molar-refractivity contribution in [3.8, 4) is 11.8 Å². The van der Waals surface area contributed by atoms with Gasteiger partial charge in [0.25, 0.3) is 0 Å². The summed E-state index contributed by atoms with van der Waals surface area (Å²) >= 11 is 6.34. The molecule has 0 bridgehead atoms. The van der Waals surface area contributed by atoms with Crippen molar-refractivity contribution in [1.82, 2.24) is 5.32 Å². The molecule has 0 radical (unpaired) electrons. The Labute approximate surface area is 143 Å². The van der Waals surface area contributed by atoms with Crippen molar-refractivity contribution in [3.05, 3.63) is 40.5 Å². The third-order valence-electron chi connectivity index (χ3n) is 4.16. The SMILES string of the molecule is N/C(=C\NCC1CCCCO1)c1ccc(C#CC2CC2)cc1Cl. The van der Waals surface area contributed by atoms with Gasteiger partial charge in [-0.1, -0.05) is 29.5 Å². The van der Waals surface area contributed by atoms with Gasteiger partial charge in [0.1, 0.15) is 0 Å². The van der Waals surface area contributed by atoms with Gasteiger partial charge in [-0.3, -0.25) is 0 Å². The average Bonchev–Trinajstić information content (AvgIpc) is 3.38. The molecular formula is C19H23ClN2O. The fourth-order valence-corrected chi connectivity index (χ4v) is 2.88. The zero-order chi connectivity index (χ0) is 16.1. The highest BCUT2D eigenvalue weighted by Gasteiger charge is 2.17. The second-order valence-corrected chi connectivity index (χ2v) is 6.64. The third kappa shape index (κ3) is 4.92. The van der Waals surface area contributed by atoms with Gasteiger partial charge in [0.05, 0.1) is 16.8 Å². The summed E-state index contributed by atoms with van der Waals surface area (Å²) in [5.41, 5.74) is 8.54. The van der Waals surface area contributed by atoms with Crippen LogP contribution >= 0.6 is 11.6 Å². The third-order valence-corrected chi connectivity index (χ3v) is 4.47. The largest absolute Gasteiger partial charge is 0.397 e. The summed E-state index contributed by atoms with van der Waals surface area (Å²) in [6, 6.07) is 5.79. The minimum absolute atomic E-state index is 0.281. The van der Waals surface area contributed by atoms with Crippen LogP contribution in [0.15, 0.2) is 24.4 Å². The van der Waals surface area contributed by atoms with Gasteiger partial charge in [-0.2, -0.15) is 0 Å². The second kappa shape index (κ2) is 7.77. The maximum absolute atomic E-state index is 6.34. The molecule has 23 heavy (non-hydrogen) atoms. The van der Waals surface area contributed by atoms with Gasteiger partial charge < -0.3 is 15.8 Å². The Morgan fingerprint density at radius 1 is 1.35 bits per heavy atom. The summed E-state index contributed by atoms with van der Waals surface area (Å²) in [5.74, 6) is 7.00. The molecule has 1 aliphatic carbocycles. The van der Waals surface area contributed by atoms with Crippen molar-refractivity contribution in [2.45, 2.75) is 38.2 Å². The molecule has 1 saturated carbocycles. The van der Waals surface area contributed by atoms with E-state index in [9.17, 15) is 0 Å². The first-order valence-corrected chi connectivity index (χ1v) is 8.72. The summed E-state index contributed by atoms with van der Waals surface area (Å²) in [5, 5.41) is 3.88. The van der Waals surface area contributed by atoms with E-state index in [4.69, 9.17) is 22.1 Å². The van der Waals surface area contributed by atoms with E-state index in [2.05, 4.69) is 17.2 Å². The van der Waals surface area contributed by atoms with Crippen molar-refractivity contribution in [2.24, 2.45) is 11.7 Å². The van der Waals surface area contributed by atoms with Crippen molar-refractivity contribution >= 4 is 17.3 Å². The minimum Gasteiger partial charge on any atom is -0.397 e. The van der Waals surface area contributed by atoms with Crippen LogP contribution in [-0.2, 0) is 4.74 Å². The summed E-state index contributed by atoms with van der Waals surface area (Å²) in [6.07, 6.45) is 8.06. The van der Waals surface area contributed by atoms with Crippen LogP contribution in [0.2, 0.25) is 5.02 Å². The lowest BCUT2D eigenvalue weighted by molar-refractivity contribution is 0.0188. The van der Waals surface area contributed by atoms with Crippen LogP contribution in [0, 0.1) is 17.8 Å².